The molecule has 4 saturated carbocycles. The molecule has 7 N–H and O–H groups in total. The highest BCUT2D eigenvalue weighted by Gasteiger charge is 2.69. The SMILES string of the molecule is C[C@@H]1CC[C@]2(OC1)O[C@H]1C[C@H]3[C@@H]4CC[C@H]5C[C@@H](O)[C@H](OC(=O)[C@@H](O)[C@@H](O)[C@H](O)[C@H](O)[C@H](O)CO)C[C@]5(C)[C@H]4CC[C@]3(C)[C@H]1[C@@H]2C. The van der Waals surface area contributed by atoms with Crippen molar-refractivity contribution in [1.82, 2.24) is 0 Å². The Morgan fingerprint density at radius 2 is 1.64 bits per heavy atom. The molecule has 6 rings (SSSR count). The third-order valence-electron chi connectivity index (χ3n) is 14.0. The van der Waals surface area contributed by atoms with Crippen LogP contribution in [0.1, 0.15) is 85.5 Å². The van der Waals surface area contributed by atoms with Gasteiger partial charge in [-0.15, -0.1) is 0 Å². The van der Waals surface area contributed by atoms with Crippen molar-refractivity contribution < 1.29 is 54.8 Å². The number of aliphatic hydroxyl groups excluding tert-OH is 7. The zero-order chi connectivity index (χ0) is 32.6. The highest BCUT2D eigenvalue weighted by atomic mass is 16.7. The molecule has 0 unspecified atom stereocenters. The van der Waals surface area contributed by atoms with Crippen LogP contribution < -0.4 is 0 Å². The van der Waals surface area contributed by atoms with Crippen LogP contribution in [0.3, 0.4) is 0 Å². The number of esters is 1. The summed E-state index contributed by atoms with van der Waals surface area (Å²) in [6, 6.07) is 0. The number of rotatable bonds is 7. The number of hydrogen-bond acceptors (Lipinski definition) is 11. The van der Waals surface area contributed by atoms with Crippen molar-refractivity contribution in [2.45, 2.75) is 140 Å². The van der Waals surface area contributed by atoms with Gasteiger partial charge in [-0.1, -0.05) is 27.7 Å². The van der Waals surface area contributed by atoms with Crippen LogP contribution in [0.5, 0.6) is 0 Å². The molecule has 0 radical (unpaired) electrons. The van der Waals surface area contributed by atoms with E-state index < -0.39 is 61.1 Å². The minimum absolute atomic E-state index is 0.166. The van der Waals surface area contributed by atoms with Gasteiger partial charge in [-0.25, -0.2) is 4.79 Å². The zero-order valence-corrected chi connectivity index (χ0v) is 27.2. The maximum absolute atomic E-state index is 12.9. The smallest absolute Gasteiger partial charge is 0.338 e. The van der Waals surface area contributed by atoms with Gasteiger partial charge in [-0.2, -0.15) is 0 Å². The summed E-state index contributed by atoms with van der Waals surface area (Å²) >= 11 is 0. The Bertz CT molecular complexity index is 1080. The maximum atomic E-state index is 12.9. The molecule has 18 atom stereocenters. The Labute approximate surface area is 266 Å². The first kappa shape index (κ1) is 34.0. The number of hydrogen-bond donors (Lipinski definition) is 7. The number of carbonyl (C=O) groups is 1. The lowest BCUT2D eigenvalue weighted by Gasteiger charge is -2.62. The van der Waals surface area contributed by atoms with Crippen LogP contribution >= 0.6 is 0 Å². The van der Waals surface area contributed by atoms with Crippen molar-refractivity contribution in [2.24, 2.45) is 52.3 Å². The molecule has 6 aliphatic rings. The van der Waals surface area contributed by atoms with E-state index in [2.05, 4.69) is 27.7 Å². The monoisotopic (exact) mass is 640 g/mol. The van der Waals surface area contributed by atoms with Crippen LogP contribution in [0.25, 0.3) is 0 Å². The number of carbonyl (C=O) groups excluding carboxylic acids is 1. The third-order valence-corrected chi connectivity index (χ3v) is 14.0. The molecule has 2 saturated heterocycles. The fourth-order valence-electron chi connectivity index (χ4n) is 11.5. The first-order valence-electron chi connectivity index (χ1n) is 17.4. The number of aliphatic hydroxyl groups is 7. The van der Waals surface area contributed by atoms with Gasteiger partial charge in [0, 0.05) is 12.3 Å². The van der Waals surface area contributed by atoms with E-state index in [4.69, 9.17) is 19.3 Å². The van der Waals surface area contributed by atoms with Crippen molar-refractivity contribution in [2.75, 3.05) is 13.2 Å². The maximum Gasteiger partial charge on any atom is 0.338 e. The lowest BCUT2D eigenvalue weighted by molar-refractivity contribution is -0.273. The van der Waals surface area contributed by atoms with Crippen LogP contribution in [0, 0.1) is 52.3 Å². The Morgan fingerprint density at radius 3 is 2.31 bits per heavy atom. The molecule has 0 amide bonds. The van der Waals surface area contributed by atoms with Gasteiger partial charge < -0.3 is 50.0 Å². The van der Waals surface area contributed by atoms with E-state index in [1.807, 2.05) is 0 Å². The van der Waals surface area contributed by atoms with E-state index in [1.54, 1.807) is 0 Å². The summed E-state index contributed by atoms with van der Waals surface area (Å²) in [4.78, 5) is 12.9. The average molecular weight is 641 g/mol. The second kappa shape index (κ2) is 12.2. The summed E-state index contributed by atoms with van der Waals surface area (Å²) in [7, 11) is 0. The predicted molar refractivity (Wildman–Crippen MR) is 160 cm³/mol. The summed E-state index contributed by atoms with van der Waals surface area (Å²) in [6.07, 6.45) is -3.55. The third kappa shape index (κ3) is 5.40. The van der Waals surface area contributed by atoms with E-state index in [9.17, 15) is 35.4 Å². The minimum Gasteiger partial charge on any atom is -0.458 e. The lowest BCUT2D eigenvalue weighted by atomic mass is 9.44. The van der Waals surface area contributed by atoms with Gasteiger partial charge in [0.15, 0.2) is 11.9 Å². The zero-order valence-electron chi connectivity index (χ0n) is 27.2. The molecule has 2 heterocycles. The van der Waals surface area contributed by atoms with E-state index >= 15 is 0 Å². The van der Waals surface area contributed by atoms with Crippen molar-refractivity contribution in [3.05, 3.63) is 0 Å². The van der Waals surface area contributed by atoms with Gasteiger partial charge in [0.25, 0.3) is 0 Å². The average Bonchev–Trinajstić information content (AvgIpc) is 3.46. The molecule has 6 fully saturated rings. The molecular formula is C34H56O11. The van der Waals surface area contributed by atoms with Crippen LogP contribution in [-0.2, 0) is 19.0 Å². The highest BCUT2D eigenvalue weighted by molar-refractivity contribution is 5.75. The molecular weight excluding hydrogens is 584 g/mol. The molecule has 11 heteroatoms. The van der Waals surface area contributed by atoms with E-state index in [0.717, 1.165) is 51.6 Å². The summed E-state index contributed by atoms with van der Waals surface area (Å²) < 4.78 is 19.0. The standard InChI is InChI=1S/C34H56O11/c1-16-7-10-34(43-15-16)17(2)26-24(45-34)12-21-19-6-5-18-11-22(36)25(13-33(18,4)20(19)8-9-32(21,26)3)44-31(42)30(41)29(40)28(39)27(38)23(37)14-35/h16-30,35-41H,5-15H2,1-4H3/t16-,17+,18+,19-,20+,21+,22-,23-,24+,25-,26+,27-,28-,29+,30+,32+,33+,34+/m1/s1. The van der Waals surface area contributed by atoms with Crippen LogP contribution in [0.2, 0.25) is 0 Å². The molecule has 11 nitrogen and oxygen atoms in total. The number of ether oxygens (including phenoxy) is 3. The van der Waals surface area contributed by atoms with Gasteiger partial charge in [0.1, 0.15) is 30.5 Å². The first-order valence-corrected chi connectivity index (χ1v) is 17.4. The molecule has 45 heavy (non-hydrogen) atoms. The van der Waals surface area contributed by atoms with Gasteiger partial charge >= 0.3 is 5.97 Å². The highest BCUT2D eigenvalue weighted by Crippen LogP contribution is 2.71. The fourth-order valence-corrected chi connectivity index (χ4v) is 11.5. The van der Waals surface area contributed by atoms with E-state index in [-0.39, 0.29) is 22.9 Å². The summed E-state index contributed by atoms with van der Waals surface area (Å²) in [5.41, 5.74) is -0.0212. The minimum atomic E-state index is -2.22. The second-order valence-corrected chi connectivity index (χ2v) is 16.3. The molecule has 2 aliphatic heterocycles. The summed E-state index contributed by atoms with van der Waals surface area (Å²) in [6.45, 7) is 9.23. The topological polar surface area (TPSA) is 186 Å². The van der Waals surface area contributed by atoms with E-state index in [1.165, 1.54) is 0 Å². The second-order valence-electron chi connectivity index (χ2n) is 16.3. The lowest BCUT2D eigenvalue weighted by Crippen LogP contribution is -2.58. The Hall–Kier alpha value is -0.890. The fraction of sp³-hybridized carbons (Fsp3) is 0.971. The number of fused-ring (bicyclic) bond motifs is 7. The molecule has 1 spiro atoms. The van der Waals surface area contributed by atoms with Crippen LogP contribution in [0.4, 0.5) is 0 Å². The van der Waals surface area contributed by atoms with Crippen molar-refractivity contribution in [1.29, 1.82) is 0 Å². The van der Waals surface area contributed by atoms with Gasteiger partial charge in [-0.05, 0) is 97.7 Å². The van der Waals surface area contributed by atoms with E-state index in [0.29, 0.717) is 48.3 Å². The normalized spacial score (nSPS) is 50.8. The molecule has 258 valence electrons. The Kier molecular flexibility index (Phi) is 9.23. The van der Waals surface area contributed by atoms with Crippen molar-refractivity contribution >= 4 is 5.97 Å². The quantitative estimate of drug-likeness (QED) is 0.198. The van der Waals surface area contributed by atoms with Crippen LogP contribution in [0.15, 0.2) is 0 Å². The summed E-state index contributed by atoms with van der Waals surface area (Å²) in [5.74, 6) is 1.41. The Morgan fingerprint density at radius 1 is 0.911 bits per heavy atom. The Balaban J connectivity index is 1.14. The predicted octanol–water partition coefficient (Wildman–Crippen LogP) is 1.11. The molecule has 0 aromatic carbocycles. The molecule has 0 aromatic rings. The first-order chi connectivity index (χ1) is 21.2. The van der Waals surface area contributed by atoms with Gasteiger partial charge in [0.2, 0.25) is 0 Å². The summed E-state index contributed by atoms with van der Waals surface area (Å²) in [5, 5.41) is 70.5. The van der Waals surface area contributed by atoms with Crippen molar-refractivity contribution in [3.8, 4) is 0 Å². The molecule has 0 bridgehead atoms. The molecule has 0 aromatic heterocycles. The molecule has 4 aliphatic carbocycles. The van der Waals surface area contributed by atoms with Gasteiger partial charge in [-0.3, -0.25) is 0 Å². The largest absolute Gasteiger partial charge is 0.458 e. The van der Waals surface area contributed by atoms with Gasteiger partial charge in [0.05, 0.1) is 25.4 Å². The van der Waals surface area contributed by atoms with Crippen molar-refractivity contribution in [3.63, 3.8) is 0 Å². The van der Waals surface area contributed by atoms with Crippen LogP contribution in [-0.4, -0.2) is 110 Å².